The van der Waals surface area contributed by atoms with Crippen LogP contribution in [-0.4, -0.2) is 24.8 Å². The maximum atomic E-state index is 12.2. The number of Topliss-reactive ketones (excluding diaryl/α,β-unsaturated/α-hetero) is 1. The van der Waals surface area contributed by atoms with E-state index < -0.39 is 0 Å². The smallest absolute Gasteiger partial charge is 0.223 e. The second-order valence-corrected chi connectivity index (χ2v) is 6.46. The topological polar surface area (TPSA) is 55.4 Å². The van der Waals surface area contributed by atoms with Gasteiger partial charge in [0.05, 0.1) is 6.54 Å². The first-order valence-corrected chi connectivity index (χ1v) is 8.56. The average molecular weight is 325 g/mol. The van der Waals surface area contributed by atoms with Crippen molar-refractivity contribution in [2.75, 3.05) is 13.2 Å². The molecule has 0 bridgehead atoms. The molecule has 2 aromatic rings. The molecule has 1 aliphatic rings. The number of amides is 1. The Balaban J connectivity index is 1.48. The van der Waals surface area contributed by atoms with Gasteiger partial charge in [-0.2, -0.15) is 0 Å². The van der Waals surface area contributed by atoms with E-state index in [1.807, 2.05) is 37.3 Å². The van der Waals surface area contributed by atoms with Gasteiger partial charge in [-0.15, -0.1) is 0 Å². The van der Waals surface area contributed by atoms with Crippen LogP contribution in [0.1, 0.15) is 26.2 Å². The molecule has 2 aromatic carbocycles. The largest absolute Gasteiger partial charge is 0.491 e. The second kappa shape index (κ2) is 7.47. The average Bonchev–Trinajstić information content (AvgIpc) is 2.61. The highest BCUT2D eigenvalue weighted by atomic mass is 16.5. The van der Waals surface area contributed by atoms with Crippen molar-refractivity contribution in [2.45, 2.75) is 26.2 Å². The Morgan fingerprint density at radius 3 is 2.83 bits per heavy atom. The predicted molar refractivity (Wildman–Crippen MR) is 94.0 cm³/mol. The van der Waals surface area contributed by atoms with Crippen LogP contribution in [0.25, 0.3) is 10.8 Å². The quantitative estimate of drug-likeness (QED) is 0.858. The summed E-state index contributed by atoms with van der Waals surface area (Å²) in [6.07, 6.45) is 1.85. The lowest BCUT2D eigenvalue weighted by Gasteiger charge is -2.24. The van der Waals surface area contributed by atoms with Crippen LogP contribution in [-0.2, 0) is 9.59 Å². The molecule has 126 valence electrons. The molecule has 0 spiro atoms. The van der Waals surface area contributed by atoms with Crippen molar-refractivity contribution >= 4 is 22.5 Å². The van der Waals surface area contributed by atoms with Crippen LogP contribution < -0.4 is 10.1 Å². The molecular formula is C20H23NO3. The van der Waals surface area contributed by atoms with Crippen LogP contribution >= 0.6 is 0 Å². The van der Waals surface area contributed by atoms with Gasteiger partial charge in [-0.25, -0.2) is 0 Å². The van der Waals surface area contributed by atoms with Crippen molar-refractivity contribution in [1.29, 1.82) is 0 Å². The van der Waals surface area contributed by atoms with Crippen LogP contribution in [0.5, 0.6) is 5.75 Å². The molecule has 4 heteroatoms. The monoisotopic (exact) mass is 325 g/mol. The van der Waals surface area contributed by atoms with E-state index in [1.165, 1.54) is 0 Å². The molecular weight excluding hydrogens is 302 g/mol. The van der Waals surface area contributed by atoms with Gasteiger partial charge >= 0.3 is 0 Å². The van der Waals surface area contributed by atoms with E-state index in [1.54, 1.807) is 0 Å². The number of benzene rings is 2. The van der Waals surface area contributed by atoms with Gasteiger partial charge in [0.25, 0.3) is 0 Å². The zero-order chi connectivity index (χ0) is 16.9. The first-order chi connectivity index (χ1) is 11.6. The molecule has 24 heavy (non-hydrogen) atoms. The van der Waals surface area contributed by atoms with E-state index in [-0.39, 0.29) is 23.5 Å². The molecule has 1 fully saturated rings. The van der Waals surface area contributed by atoms with Crippen molar-refractivity contribution in [3.63, 3.8) is 0 Å². The van der Waals surface area contributed by atoms with E-state index in [2.05, 4.69) is 17.4 Å². The summed E-state index contributed by atoms with van der Waals surface area (Å²) < 4.78 is 5.83. The normalized spacial score (nSPS) is 20.8. The summed E-state index contributed by atoms with van der Waals surface area (Å²) in [6, 6.07) is 14.0. The number of rotatable bonds is 5. The first kappa shape index (κ1) is 16.5. The number of ether oxygens (including phenoxy) is 1. The Morgan fingerprint density at radius 1 is 1.21 bits per heavy atom. The van der Waals surface area contributed by atoms with Crippen LogP contribution in [0.3, 0.4) is 0 Å². The lowest BCUT2D eigenvalue weighted by atomic mass is 9.81. The summed E-state index contributed by atoms with van der Waals surface area (Å²) >= 11 is 0. The van der Waals surface area contributed by atoms with Crippen molar-refractivity contribution in [3.05, 3.63) is 42.5 Å². The number of carbonyl (C=O) groups is 2. The molecule has 1 N–H and O–H groups in total. The van der Waals surface area contributed by atoms with Crippen LogP contribution in [0, 0.1) is 11.8 Å². The predicted octanol–water partition coefficient (Wildman–Crippen LogP) is 3.34. The highest BCUT2D eigenvalue weighted by molar-refractivity contribution is 5.88. The molecule has 2 atom stereocenters. The summed E-state index contributed by atoms with van der Waals surface area (Å²) in [5.41, 5.74) is 0. The van der Waals surface area contributed by atoms with Crippen LogP contribution in [0.4, 0.5) is 0 Å². The van der Waals surface area contributed by atoms with Gasteiger partial charge in [0.2, 0.25) is 5.91 Å². The Labute approximate surface area is 142 Å². The fourth-order valence-corrected chi connectivity index (χ4v) is 3.28. The zero-order valence-corrected chi connectivity index (χ0v) is 14.0. The van der Waals surface area contributed by atoms with E-state index in [0.29, 0.717) is 32.4 Å². The molecule has 1 aliphatic carbocycles. The molecule has 1 amide bonds. The van der Waals surface area contributed by atoms with Crippen LogP contribution in [0.15, 0.2) is 42.5 Å². The Morgan fingerprint density at radius 2 is 2.00 bits per heavy atom. The minimum absolute atomic E-state index is 0.00133. The van der Waals surface area contributed by atoms with E-state index in [4.69, 9.17) is 4.74 Å². The van der Waals surface area contributed by atoms with Crippen molar-refractivity contribution in [3.8, 4) is 5.75 Å². The molecule has 0 radical (unpaired) electrons. The molecule has 0 saturated heterocycles. The maximum absolute atomic E-state index is 12.2. The number of fused-ring (bicyclic) bond motifs is 1. The van der Waals surface area contributed by atoms with Gasteiger partial charge in [-0.1, -0.05) is 43.3 Å². The summed E-state index contributed by atoms with van der Waals surface area (Å²) in [4.78, 5) is 23.7. The number of hydrogen-bond acceptors (Lipinski definition) is 3. The lowest BCUT2D eigenvalue weighted by molar-refractivity contribution is -0.131. The van der Waals surface area contributed by atoms with E-state index in [9.17, 15) is 9.59 Å². The molecule has 3 rings (SSSR count). The molecule has 4 nitrogen and oxygen atoms in total. The second-order valence-electron chi connectivity index (χ2n) is 6.46. The van der Waals surface area contributed by atoms with Gasteiger partial charge < -0.3 is 10.1 Å². The Hall–Kier alpha value is -2.36. The lowest BCUT2D eigenvalue weighted by Crippen LogP contribution is -2.37. The minimum Gasteiger partial charge on any atom is -0.491 e. The minimum atomic E-state index is -0.0461. The third kappa shape index (κ3) is 3.75. The van der Waals surface area contributed by atoms with Crippen LogP contribution in [0.2, 0.25) is 0 Å². The fourth-order valence-electron chi connectivity index (χ4n) is 3.28. The number of nitrogens with one attached hydrogen (secondary N) is 1. The van der Waals surface area contributed by atoms with Crippen molar-refractivity contribution < 1.29 is 14.3 Å². The SMILES string of the molecule is C[C@H]1C[C@@H](C(=O)NCCOc2cccc3ccccc23)CCC1=O. The third-order valence-electron chi connectivity index (χ3n) is 4.71. The van der Waals surface area contributed by atoms with Gasteiger partial charge in [0, 0.05) is 23.6 Å². The number of ketones is 1. The first-order valence-electron chi connectivity index (χ1n) is 8.56. The third-order valence-corrected chi connectivity index (χ3v) is 4.71. The Kier molecular flexibility index (Phi) is 5.14. The summed E-state index contributed by atoms with van der Waals surface area (Å²) in [5.74, 6) is 1.10. The van der Waals surface area contributed by atoms with Gasteiger partial charge in [-0.05, 0) is 24.3 Å². The number of hydrogen-bond donors (Lipinski definition) is 1. The molecule has 0 aliphatic heterocycles. The van der Waals surface area contributed by atoms with E-state index in [0.717, 1.165) is 16.5 Å². The van der Waals surface area contributed by atoms with Crippen molar-refractivity contribution in [1.82, 2.24) is 5.32 Å². The molecule has 0 heterocycles. The van der Waals surface area contributed by atoms with E-state index >= 15 is 0 Å². The van der Waals surface area contributed by atoms with Gasteiger partial charge in [0.15, 0.2) is 0 Å². The highest BCUT2D eigenvalue weighted by Gasteiger charge is 2.29. The zero-order valence-electron chi connectivity index (χ0n) is 14.0. The fraction of sp³-hybridized carbons (Fsp3) is 0.400. The molecule has 0 aromatic heterocycles. The van der Waals surface area contributed by atoms with Gasteiger partial charge in [-0.3, -0.25) is 9.59 Å². The summed E-state index contributed by atoms with van der Waals surface area (Å²) in [7, 11) is 0. The standard InChI is InChI=1S/C20H23NO3/c1-14-13-16(9-10-18(14)22)20(23)21-11-12-24-19-8-4-6-15-5-2-3-7-17(15)19/h2-8,14,16H,9-13H2,1H3,(H,21,23)/t14-,16-/m0/s1. The summed E-state index contributed by atoms with van der Waals surface area (Å²) in [5, 5.41) is 5.14. The Bertz CT molecular complexity index is 735. The highest BCUT2D eigenvalue weighted by Crippen LogP contribution is 2.26. The van der Waals surface area contributed by atoms with Gasteiger partial charge in [0.1, 0.15) is 18.1 Å². The maximum Gasteiger partial charge on any atom is 0.223 e. The molecule has 1 saturated carbocycles. The molecule has 0 unspecified atom stereocenters. The van der Waals surface area contributed by atoms with Crippen molar-refractivity contribution in [2.24, 2.45) is 11.8 Å². The summed E-state index contributed by atoms with van der Waals surface area (Å²) in [6.45, 7) is 2.81. The number of carbonyl (C=O) groups excluding carboxylic acids is 2.